The van der Waals surface area contributed by atoms with Gasteiger partial charge in [0.2, 0.25) is 0 Å². The van der Waals surface area contributed by atoms with Gasteiger partial charge in [0.25, 0.3) is 0 Å². The van der Waals surface area contributed by atoms with Crippen molar-refractivity contribution in [1.29, 1.82) is 0 Å². The van der Waals surface area contributed by atoms with Crippen LogP contribution < -0.4 is 5.32 Å². The van der Waals surface area contributed by atoms with Crippen molar-refractivity contribution in [3.63, 3.8) is 0 Å². The molecule has 0 aromatic carbocycles. The quantitative estimate of drug-likeness (QED) is 0.311. The molecule has 0 aliphatic carbocycles. The molecule has 5 rings (SSSR count). The molecule has 0 atom stereocenters. The second kappa shape index (κ2) is 11.0. The maximum absolute atomic E-state index is 12.9. The molecule has 1 N–H and O–H groups in total. The summed E-state index contributed by atoms with van der Waals surface area (Å²) in [6.07, 6.45) is 4.46. The highest BCUT2D eigenvalue weighted by atomic mass is 19.4. The minimum absolute atomic E-state index is 0.188. The predicted octanol–water partition coefficient (Wildman–Crippen LogP) is 5.81. The largest absolute Gasteiger partial charge is 0.391 e. The summed E-state index contributed by atoms with van der Waals surface area (Å²) >= 11 is 0. The van der Waals surface area contributed by atoms with Crippen molar-refractivity contribution >= 4 is 22.7 Å². The second-order valence-corrected chi connectivity index (χ2v) is 10.1. The molecule has 0 radical (unpaired) electrons. The molecule has 8 nitrogen and oxygen atoms in total. The Morgan fingerprint density at radius 2 is 1.79 bits per heavy atom. The number of hydrogen-bond donors (Lipinski definition) is 1. The fraction of sp³-hybridized carbons (Fsp3) is 0.444. The van der Waals surface area contributed by atoms with E-state index >= 15 is 0 Å². The minimum Gasteiger partial charge on any atom is -0.323 e. The molecule has 0 saturated carbocycles. The van der Waals surface area contributed by atoms with Crippen LogP contribution in [-0.4, -0.2) is 60.7 Å². The van der Waals surface area contributed by atoms with Gasteiger partial charge < -0.3 is 10.2 Å². The zero-order valence-electron chi connectivity index (χ0n) is 21.5. The highest BCUT2D eigenvalue weighted by Crippen LogP contribution is 2.34. The van der Waals surface area contributed by atoms with Crippen LogP contribution in [0.4, 0.5) is 24.8 Å². The first kappa shape index (κ1) is 26.0. The minimum atomic E-state index is -4.07. The number of halogens is 3. The number of anilines is 2. The van der Waals surface area contributed by atoms with E-state index in [-0.39, 0.29) is 12.8 Å². The maximum atomic E-state index is 12.9. The third-order valence-corrected chi connectivity index (χ3v) is 7.01. The number of pyridine rings is 2. The first-order valence-corrected chi connectivity index (χ1v) is 12.9. The van der Waals surface area contributed by atoms with E-state index in [1.807, 2.05) is 35.1 Å². The fourth-order valence-corrected chi connectivity index (χ4v) is 4.70. The van der Waals surface area contributed by atoms with Gasteiger partial charge in [-0.2, -0.15) is 23.4 Å². The van der Waals surface area contributed by atoms with E-state index in [1.54, 1.807) is 18.6 Å². The van der Waals surface area contributed by atoms with Crippen LogP contribution in [-0.2, 0) is 6.54 Å². The molecule has 11 heteroatoms. The third-order valence-electron chi connectivity index (χ3n) is 7.01. The van der Waals surface area contributed by atoms with Crippen molar-refractivity contribution in [2.24, 2.45) is 5.92 Å². The summed E-state index contributed by atoms with van der Waals surface area (Å²) in [5.41, 5.74) is 4.46. The van der Waals surface area contributed by atoms with Crippen molar-refractivity contribution in [1.82, 2.24) is 34.8 Å². The topological polar surface area (TPSA) is 84.7 Å². The number of alkyl halides is 3. The van der Waals surface area contributed by atoms with Crippen LogP contribution in [0.3, 0.4) is 0 Å². The standard InChI is InChI=1S/C27H31F3N8/c1-18(2)19-13-26(36-32-15-19)35-25-5-4-23-24(34-25)12-20(14-31-23)21-16-33-38(17-21)9-3-8-37-10-6-22(7-11-37)27(28,29)30/h4-5,12-18,22H,3,6-11H2,1-2H3,(H,34,35,36). The average molecular weight is 525 g/mol. The van der Waals surface area contributed by atoms with Crippen molar-refractivity contribution < 1.29 is 13.2 Å². The van der Waals surface area contributed by atoms with Crippen LogP contribution in [0, 0.1) is 5.92 Å². The van der Waals surface area contributed by atoms with E-state index in [0.717, 1.165) is 40.7 Å². The van der Waals surface area contributed by atoms with E-state index in [1.165, 1.54) is 0 Å². The van der Waals surface area contributed by atoms with E-state index in [9.17, 15) is 13.2 Å². The lowest BCUT2D eigenvalue weighted by atomic mass is 9.96. The summed E-state index contributed by atoms with van der Waals surface area (Å²) < 4.78 is 40.5. The Morgan fingerprint density at radius 1 is 0.974 bits per heavy atom. The van der Waals surface area contributed by atoms with Gasteiger partial charge in [-0.25, -0.2) is 4.98 Å². The second-order valence-electron chi connectivity index (χ2n) is 10.1. The van der Waals surface area contributed by atoms with Crippen molar-refractivity contribution in [2.75, 3.05) is 25.0 Å². The first-order chi connectivity index (χ1) is 18.2. The number of likely N-dealkylation sites (tertiary alicyclic amines) is 1. The zero-order valence-corrected chi connectivity index (χ0v) is 21.5. The van der Waals surface area contributed by atoms with Crippen LogP contribution in [0.1, 0.15) is 44.6 Å². The number of nitrogens with zero attached hydrogens (tertiary/aromatic N) is 7. The molecular formula is C27H31F3N8. The molecule has 0 amide bonds. The Bertz CT molecular complexity index is 1380. The lowest BCUT2D eigenvalue weighted by Crippen LogP contribution is -2.39. The monoisotopic (exact) mass is 524 g/mol. The molecule has 4 aromatic heterocycles. The Kier molecular flexibility index (Phi) is 7.55. The van der Waals surface area contributed by atoms with Crippen LogP contribution >= 0.6 is 0 Å². The van der Waals surface area contributed by atoms with E-state index < -0.39 is 12.1 Å². The SMILES string of the molecule is CC(C)c1cnnc(Nc2ccc3ncc(-c4cnn(CCCN5CCC(C(F)(F)F)CC5)c4)cc3n2)c1. The Hall–Kier alpha value is -3.60. The summed E-state index contributed by atoms with van der Waals surface area (Å²) in [4.78, 5) is 11.4. The summed E-state index contributed by atoms with van der Waals surface area (Å²) in [5, 5.41) is 15.9. The molecule has 1 fully saturated rings. The number of rotatable bonds is 8. The Morgan fingerprint density at radius 3 is 2.55 bits per heavy atom. The van der Waals surface area contributed by atoms with Crippen molar-refractivity contribution in [3.8, 4) is 11.1 Å². The molecule has 5 heterocycles. The van der Waals surface area contributed by atoms with E-state index in [4.69, 9.17) is 4.98 Å². The molecule has 38 heavy (non-hydrogen) atoms. The van der Waals surface area contributed by atoms with Gasteiger partial charge in [0, 0.05) is 30.1 Å². The van der Waals surface area contributed by atoms with Crippen LogP contribution in [0.25, 0.3) is 22.2 Å². The summed E-state index contributed by atoms with van der Waals surface area (Å²) in [7, 11) is 0. The molecule has 4 aromatic rings. The van der Waals surface area contributed by atoms with Gasteiger partial charge in [0.15, 0.2) is 5.82 Å². The Balaban J connectivity index is 1.20. The van der Waals surface area contributed by atoms with Gasteiger partial charge in [-0.05, 0) is 74.6 Å². The number of aryl methyl sites for hydroxylation is 1. The highest BCUT2D eigenvalue weighted by molar-refractivity contribution is 5.81. The number of nitrogens with one attached hydrogen (secondary N) is 1. The first-order valence-electron chi connectivity index (χ1n) is 12.9. The number of piperidine rings is 1. The third kappa shape index (κ3) is 6.27. The smallest absolute Gasteiger partial charge is 0.323 e. The normalized spacial score (nSPS) is 15.4. The lowest BCUT2D eigenvalue weighted by molar-refractivity contribution is -0.185. The van der Waals surface area contributed by atoms with Crippen molar-refractivity contribution in [2.45, 2.75) is 51.7 Å². The molecule has 0 unspecified atom stereocenters. The molecular weight excluding hydrogens is 493 g/mol. The van der Waals surface area contributed by atoms with E-state index in [2.05, 4.69) is 44.3 Å². The van der Waals surface area contributed by atoms with Gasteiger partial charge in [-0.15, -0.1) is 5.10 Å². The zero-order chi connectivity index (χ0) is 26.7. The van der Waals surface area contributed by atoms with Gasteiger partial charge in [-0.1, -0.05) is 13.8 Å². The van der Waals surface area contributed by atoms with Crippen LogP contribution in [0.15, 0.2) is 49.1 Å². The molecule has 1 aliphatic rings. The molecule has 1 aliphatic heterocycles. The van der Waals surface area contributed by atoms with Crippen LogP contribution in [0.2, 0.25) is 0 Å². The molecule has 0 spiro atoms. The van der Waals surface area contributed by atoms with Crippen molar-refractivity contribution in [3.05, 3.63) is 54.6 Å². The number of fused-ring (bicyclic) bond motifs is 1. The molecule has 200 valence electrons. The summed E-state index contributed by atoms with van der Waals surface area (Å²) in [5.74, 6) is 0.480. The van der Waals surface area contributed by atoms with Gasteiger partial charge in [0.1, 0.15) is 5.82 Å². The molecule has 1 saturated heterocycles. The fourth-order valence-electron chi connectivity index (χ4n) is 4.70. The lowest BCUT2D eigenvalue weighted by Gasteiger charge is -2.32. The van der Waals surface area contributed by atoms with Crippen LogP contribution in [0.5, 0.6) is 0 Å². The van der Waals surface area contributed by atoms with Gasteiger partial charge in [-0.3, -0.25) is 9.67 Å². The number of aromatic nitrogens is 6. The maximum Gasteiger partial charge on any atom is 0.391 e. The van der Waals surface area contributed by atoms with Gasteiger partial charge in [0.05, 0.1) is 29.3 Å². The summed E-state index contributed by atoms with van der Waals surface area (Å²) in [6.45, 7) is 6.67. The molecule has 0 bridgehead atoms. The highest BCUT2D eigenvalue weighted by Gasteiger charge is 2.40. The predicted molar refractivity (Wildman–Crippen MR) is 140 cm³/mol. The van der Waals surface area contributed by atoms with Gasteiger partial charge >= 0.3 is 6.18 Å². The Labute approximate surface area is 219 Å². The summed E-state index contributed by atoms with van der Waals surface area (Å²) in [6, 6.07) is 7.73. The number of hydrogen-bond acceptors (Lipinski definition) is 7. The average Bonchev–Trinajstić information content (AvgIpc) is 3.37. The van der Waals surface area contributed by atoms with E-state index in [0.29, 0.717) is 37.2 Å².